The van der Waals surface area contributed by atoms with E-state index in [1.807, 2.05) is 0 Å². The molecule has 0 radical (unpaired) electrons. The SMILES string of the molecule is CCOC(=O)c1cncc(C(Cl)Br)c1. The van der Waals surface area contributed by atoms with Gasteiger partial charge in [-0.2, -0.15) is 0 Å². The number of hydrogen-bond acceptors (Lipinski definition) is 3. The predicted octanol–water partition coefficient (Wildman–Crippen LogP) is 2.89. The topological polar surface area (TPSA) is 39.2 Å². The molecule has 0 saturated heterocycles. The normalized spacial score (nSPS) is 12.2. The fourth-order valence-electron chi connectivity index (χ4n) is 0.903. The third kappa shape index (κ3) is 2.96. The van der Waals surface area contributed by atoms with Crippen LogP contribution in [0.4, 0.5) is 0 Å². The van der Waals surface area contributed by atoms with Crippen molar-refractivity contribution < 1.29 is 9.53 Å². The molecule has 76 valence electrons. The van der Waals surface area contributed by atoms with E-state index in [1.54, 1.807) is 19.2 Å². The van der Waals surface area contributed by atoms with Crippen molar-refractivity contribution in [2.24, 2.45) is 0 Å². The Bertz CT molecular complexity index is 330. The molecule has 1 heterocycles. The van der Waals surface area contributed by atoms with E-state index in [4.69, 9.17) is 16.3 Å². The maximum atomic E-state index is 11.3. The monoisotopic (exact) mass is 277 g/mol. The van der Waals surface area contributed by atoms with Crippen molar-refractivity contribution in [1.82, 2.24) is 4.98 Å². The minimum absolute atomic E-state index is 0.343. The average molecular weight is 279 g/mol. The van der Waals surface area contributed by atoms with Gasteiger partial charge in [-0.05, 0) is 18.6 Å². The lowest BCUT2D eigenvalue weighted by molar-refractivity contribution is 0.0526. The summed E-state index contributed by atoms with van der Waals surface area (Å²) in [5, 5.41) is 0. The number of halogens is 2. The van der Waals surface area contributed by atoms with Crippen molar-refractivity contribution >= 4 is 33.5 Å². The summed E-state index contributed by atoms with van der Waals surface area (Å²) >= 11 is 8.96. The Labute approximate surface area is 95.6 Å². The summed E-state index contributed by atoms with van der Waals surface area (Å²) in [6, 6.07) is 1.65. The zero-order valence-corrected chi connectivity index (χ0v) is 9.88. The summed E-state index contributed by atoms with van der Waals surface area (Å²) in [6.45, 7) is 2.10. The van der Waals surface area contributed by atoms with Gasteiger partial charge in [0.2, 0.25) is 0 Å². The highest BCUT2D eigenvalue weighted by molar-refractivity contribution is 9.09. The third-order valence-corrected chi connectivity index (χ3v) is 2.30. The third-order valence-electron chi connectivity index (χ3n) is 1.52. The largest absolute Gasteiger partial charge is 0.462 e. The molecule has 0 spiro atoms. The van der Waals surface area contributed by atoms with Gasteiger partial charge >= 0.3 is 5.97 Å². The van der Waals surface area contributed by atoms with E-state index in [9.17, 15) is 4.79 Å². The van der Waals surface area contributed by atoms with Crippen LogP contribution in [0.3, 0.4) is 0 Å². The molecule has 1 aromatic rings. The van der Waals surface area contributed by atoms with E-state index in [-0.39, 0.29) is 10.3 Å². The Hall–Kier alpha value is -0.610. The number of aromatic nitrogens is 1. The molecule has 0 N–H and O–H groups in total. The minimum Gasteiger partial charge on any atom is -0.462 e. The quantitative estimate of drug-likeness (QED) is 0.630. The lowest BCUT2D eigenvalue weighted by Crippen LogP contribution is -2.05. The van der Waals surface area contributed by atoms with Crippen LogP contribution < -0.4 is 0 Å². The van der Waals surface area contributed by atoms with E-state index in [2.05, 4.69) is 20.9 Å². The Kier molecular flexibility index (Phi) is 4.35. The van der Waals surface area contributed by atoms with Gasteiger partial charge in [-0.1, -0.05) is 15.9 Å². The molecule has 0 fully saturated rings. The number of pyridine rings is 1. The molecule has 0 aliphatic rings. The van der Waals surface area contributed by atoms with Crippen LogP contribution in [0.15, 0.2) is 18.5 Å². The molecule has 0 bridgehead atoms. The maximum absolute atomic E-state index is 11.3. The molecule has 1 rings (SSSR count). The lowest BCUT2D eigenvalue weighted by atomic mass is 10.2. The summed E-state index contributed by atoms with van der Waals surface area (Å²) in [4.78, 5) is 15.2. The Balaban J connectivity index is 2.88. The summed E-state index contributed by atoms with van der Waals surface area (Å²) in [5.41, 5.74) is 1.15. The smallest absolute Gasteiger partial charge is 0.339 e. The van der Waals surface area contributed by atoms with Gasteiger partial charge in [0.05, 0.1) is 12.2 Å². The zero-order chi connectivity index (χ0) is 10.6. The number of ether oxygens (including phenoxy) is 1. The number of alkyl halides is 2. The van der Waals surface area contributed by atoms with Gasteiger partial charge in [0.1, 0.15) is 4.29 Å². The fraction of sp³-hybridized carbons (Fsp3) is 0.333. The van der Waals surface area contributed by atoms with Gasteiger partial charge in [-0.15, -0.1) is 11.6 Å². The number of carbonyl (C=O) groups excluding carboxylic acids is 1. The molecule has 14 heavy (non-hydrogen) atoms. The Morgan fingerprint density at radius 3 is 3.00 bits per heavy atom. The second kappa shape index (κ2) is 5.32. The first-order valence-electron chi connectivity index (χ1n) is 4.05. The molecule has 5 heteroatoms. The van der Waals surface area contributed by atoms with Crippen LogP contribution in [0.5, 0.6) is 0 Å². The molecule has 1 atom stereocenters. The van der Waals surface area contributed by atoms with Gasteiger partial charge in [-0.25, -0.2) is 4.79 Å². The minimum atomic E-state index is -0.383. The first-order chi connectivity index (χ1) is 6.65. The highest BCUT2D eigenvalue weighted by atomic mass is 79.9. The molecule has 1 unspecified atom stereocenters. The number of nitrogens with zero attached hydrogens (tertiary/aromatic N) is 1. The summed E-state index contributed by atoms with van der Waals surface area (Å²) in [7, 11) is 0. The first kappa shape index (κ1) is 11.5. The van der Waals surface area contributed by atoms with Gasteiger partial charge in [0, 0.05) is 12.4 Å². The molecule has 3 nitrogen and oxygen atoms in total. The molecule has 0 saturated carbocycles. The second-order valence-corrected chi connectivity index (χ2v) is 4.41. The Morgan fingerprint density at radius 2 is 2.43 bits per heavy atom. The van der Waals surface area contributed by atoms with Crippen molar-refractivity contribution in [2.45, 2.75) is 11.2 Å². The van der Waals surface area contributed by atoms with Gasteiger partial charge in [0.25, 0.3) is 0 Å². The molecule has 0 amide bonds. The van der Waals surface area contributed by atoms with Crippen molar-refractivity contribution in [3.8, 4) is 0 Å². The Morgan fingerprint density at radius 1 is 1.71 bits per heavy atom. The van der Waals surface area contributed by atoms with E-state index >= 15 is 0 Å². The number of rotatable bonds is 3. The molecule has 0 aliphatic heterocycles. The van der Waals surface area contributed by atoms with Crippen LogP contribution in [0.1, 0.15) is 27.1 Å². The summed E-state index contributed by atoms with van der Waals surface area (Å²) in [5.74, 6) is -0.383. The van der Waals surface area contributed by atoms with Gasteiger partial charge < -0.3 is 4.74 Å². The van der Waals surface area contributed by atoms with E-state index in [0.717, 1.165) is 5.56 Å². The molecule has 0 aliphatic carbocycles. The van der Waals surface area contributed by atoms with E-state index in [1.165, 1.54) is 6.20 Å². The van der Waals surface area contributed by atoms with Crippen LogP contribution in [0.2, 0.25) is 0 Å². The zero-order valence-electron chi connectivity index (χ0n) is 7.54. The van der Waals surface area contributed by atoms with Crippen molar-refractivity contribution in [3.05, 3.63) is 29.6 Å². The molecule has 0 aromatic carbocycles. The lowest BCUT2D eigenvalue weighted by Gasteiger charge is -2.04. The first-order valence-corrected chi connectivity index (χ1v) is 5.40. The molecular formula is C9H9BrClNO2. The number of hydrogen-bond donors (Lipinski definition) is 0. The highest BCUT2D eigenvalue weighted by Gasteiger charge is 2.10. The maximum Gasteiger partial charge on any atom is 0.339 e. The van der Waals surface area contributed by atoms with Crippen molar-refractivity contribution in [1.29, 1.82) is 0 Å². The van der Waals surface area contributed by atoms with E-state index in [0.29, 0.717) is 12.2 Å². The molecule has 1 aromatic heterocycles. The average Bonchev–Trinajstić information content (AvgIpc) is 2.18. The van der Waals surface area contributed by atoms with Gasteiger partial charge in [-0.3, -0.25) is 4.98 Å². The van der Waals surface area contributed by atoms with E-state index < -0.39 is 0 Å². The summed E-state index contributed by atoms with van der Waals surface area (Å²) in [6.07, 6.45) is 3.04. The standard InChI is InChI=1S/C9H9BrClNO2/c1-2-14-9(13)7-3-6(8(10)11)4-12-5-7/h3-5,8H,2H2,1H3. The van der Waals surface area contributed by atoms with Crippen LogP contribution in [-0.4, -0.2) is 17.6 Å². The second-order valence-electron chi connectivity index (χ2n) is 2.53. The fourth-order valence-corrected chi connectivity index (χ4v) is 1.27. The summed E-state index contributed by atoms with van der Waals surface area (Å²) < 4.78 is 4.48. The predicted molar refractivity (Wildman–Crippen MR) is 57.7 cm³/mol. The van der Waals surface area contributed by atoms with Crippen LogP contribution >= 0.6 is 27.5 Å². The van der Waals surface area contributed by atoms with Crippen molar-refractivity contribution in [3.63, 3.8) is 0 Å². The number of carbonyl (C=O) groups is 1. The van der Waals surface area contributed by atoms with Crippen LogP contribution in [-0.2, 0) is 4.74 Å². The molecular weight excluding hydrogens is 269 g/mol. The van der Waals surface area contributed by atoms with Crippen molar-refractivity contribution in [2.75, 3.05) is 6.61 Å². The number of esters is 1. The highest BCUT2D eigenvalue weighted by Crippen LogP contribution is 2.26. The van der Waals surface area contributed by atoms with Crippen LogP contribution in [0.25, 0.3) is 0 Å². The van der Waals surface area contributed by atoms with Gasteiger partial charge in [0.15, 0.2) is 0 Å². The van der Waals surface area contributed by atoms with Crippen LogP contribution in [0, 0.1) is 0 Å².